The molecule has 3 aliphatic rings. The van der Waals surface area contributed by atoms with Gasteiger partial charge in [0.25, 0.3) is 0 Å². The quantitative estimate of drug-likeness (QED) is 0.290. The smallest absolute Gasteiger partial charge is 0.306 e. The number of esters is 1. The van der Waals surface area contributed by atoms with Crippen molar-refractivity contribution in [2.45, 2.75) is 51.6 Å². The van der Waals surface area contributed by atoms with Crippen molar-refractivity contribution >= 4 is 16.8 Å². The van der Waals surface area contributed by atoms with Crippen molar-refractivity contribution in [3.63, 3.8) is 0 Å². The molecule has 41 heavy (non-hydrogen) atoms. The zero-order valence-electron chi connectivity index (χ0n) is 23.7. The third-order valence-corrected chi connectivity index (χ3v) is 10.0. The van der Waals surface area contributed by atoms with Crippen molar-refractivity contribution in [1.29, 1.82) is 0 Å². The van der Waals surface area contributed by atoms with Gasteiger partial charge in [0.2, 0.25) is 0 Å². The first-order valence-corrected chi connectivity index (χ1v) is 15.7. The number of methoxy groups -OCH3 is 1. The molecule has 6 rings (SSSR count). The van der Waals surface area contributed by atoms with E-state index in [0.717, 1.165) is 57.1 Å². The number of hydrogen-bond donors (Lipinski definition) is 0. The standard InChI is InChI=1S/C33H35FO6S/c1-19-12-24(38-16-21-10-11-41(36)18-21)13-20(2)32(19)26-6-8-28(34)33-27(26)7-9-29(33)40-23-4-5-25-22(14-31(35)37-3)17-39-30(25)15-23/h4-6,8,12-13,15,21-22,29H,7,9-11,14,16-18H2,1-3H3/t21?,22-,29-,41?/m1/s1. The van der Waals surface area contributed by atoms with Crippen molar-refractivity contribution in [1.82, 2.24) is 0 Å². The molecular weight excluding hydrogens is 543 g/mol. The highest BCUT2D eigenvalue weighted by molar-refractivity contribution is 7.85. The fourth-order valence-electron chi connectivity index (χ4n) is 6.48. The van der Waals surface area contributed by atoms with Gasteiger partial charge in [0.05, 0.1) is 26.7 Å². The predicted molar refractivity (Wildman–Crippen MR) is 156 cm³/mol. The molecule has 8 heteroatoms. The van der Waals surface area contributed by atoms with E-state index in [1.54, 1.807) is 6.07 Å². The van der Waals surface area contributed by atoms with Crippen LogP contribution >= 0.6 is 0 Å². The van der Waals surface area contributed by atoms with Crippen molar-refractivity contribution < 1.29 is 32.3 Å². The lowest BCUT2D eigenvalue weighted by molar-refractivity contribution is -0.141. The molecule has 1 saturated heterocycles. The van der Waals surface area contributed by atoms with Crippen molar-refractivity contribution in [2.75, 3.05) is 31.8 Å². The Morgan fingerprint density at radius 1 is 1.07 bits per heavy atom. The van der Waals surface area contributed by atoms with Crippen LogP contribution in [0.25, 0.3) is 11.1 Å². The van der Waals surface area contributed by atoms with E-state index in [9.17, 15) is 9.00 Å². The molecule has 0 radical (unpaired) electrons. The Bertz CT molecular complexity index is 1490. The predicted octanol–water partition coefficient (Wildman–Crippen LogP) is 6.36. The summed E-state index contributed by atoms with van der Waals surface area (Å²) in [5.41, 5.74) is 6.83. The maximum absolute atomic E-state index is 15.3. The third kappa shape index (κ3) is 5.59. The number of carbonyl (C=O) groups is 1. The molecular formula is C33H35FO6S. The first-order valence-electron chi connectivity index (χ1n) is 14.2. The summed E-state index contributed by atoms with van der Waals surface area (Å²) in [5, 5.41) is 0. The molecule has 0 spiro atoms. The lowest BCUT2D eigenvalue weighted by Gasteiger charge is -2.19. The van der Waals surface area contributed by atoms with Gasteiger partial charge in [-0.15, -0.1) is 0 Å². The van der Waals surface area contributed by atoms with E-state index < -0.39 is 16.9 Å². The first kappa shape index (κ1) is 27.8. The van der Waals surface area contributed by atoms with E-state index in [1.807, 2.05) is 36.4 Å². The molecule has 0 aromatic heterocycles. The van der Waals surface area contributed by atoms with Crippen LogP contribution in [0.2, 0.25) is 0 Å². The summed E-state index contributed by atoms with van der Waals surface area (Å²) in [6.07, 6.45) is 2.19. The maximum Gasteiger partial charge on any atom is 0.306 e. The highest BCUT2D eigenvalue weighted by Crippen LogP contribution is 2.45. The van der Waals surface area contributed by atoms with Gasteiger partial charge >= 0.3 is 5.97 Å². The van der Waals surface area contributed by atoms with Gasteiger partial charge in [0.1, 0.15) is 29.2 Å². The lowest BCUT2D eigenvalue weighted by atomic mass is 9.90. The number of ether oxygens (including phenoxy) is 4. The number of aryl methyl sites for hydroxylation is 2. The normalized spacial score (nSPS) is 22.6. The Labute approximate surface area is 242 Å². The summed E-state index contributed by atoms with van der Waals surface area (Å²) in [7, 11) is 0.672. The average Bonchev–Trinajstić information content (AvgIpc) is 3.67. The summed E-state index contributed by atoms with van der Waals surface area (Å²) < 4.78 is 50.1. The molecule has 3 aromatic rings. The van der Waals surface area contributed by atoms with Gasteiger partial charge in [-0.1, -0.05) is 12.1 Å². The van der Waals surface area contributed by atoms with E-state index in [0.29, 0.717) is 49.0 Å². The van der Waals surface area contributed by atoms with Crippen LogP contribution in [-0.2, 0) is 26.8 Å². The van der Waals surface area contributed by atoms with Crippen LogP contribution in [0.3, 0.4) is 0 Å². The van der Waals surface area contributed by atoms with Gasteiger partial charge < -0.3 is 18.9 Å². The van der Waals surface area contributed by atoms with Crippen molar-refractivity contribution in [3.05, 3.63) is 76.1 Å². The van der Waals surface area contributed by atoms with Crippen LogP contribution in [0.15, 0.2) is 42.5 Å². The van der Waals surface area contributed by atoms with E-state index in [4.69, 9.17) is 18.9 Å². The summed E-state index contributed by atoms with van der Waals surface area (Å²) in [6, 6.07) is 13.1. The van der Waals surface area contributed by atoms with Gasteiger partial charge in [-0.2, -0.15) is 0 Å². The number of rotatable bonds is 8. The van der Waals surface area contributed by atoms with Crippen LogP contribution in [0.5, 0.6) is 17.2 Å². The fourth-order valence-corrected chi connectivity index (χ4v) is 8.03. The van der Waals surface area contributed by atoms with Crippen LogP contribution in [0, 0.1) is 25.6 Å². The molecule has 216 valence electrons. The number of carbonyl (C=O) groups excluding carboxylic acids is 1. The second-order valence-electron chi connectivity index (χ2n) is 11.3. The number of fused-ring (bicyclic) bond motifs is 2. The monoisotopic (exact) mass is 578 g/mol. The minimum absolute atomic E-state index is 0.0461. The third-order valence-electron chi connectivity index (χ3n) is 8.50. The summed E-state index contributed by atoms with van der Waals surface area (Å²) in [6.45, 7) is 5.13. The number of benzene rings is 3. The molecule has 1 fully saturated rings. The van der Waals surface area contributed by atoms with Gasteiger partial charge in [-0.05, 0) is 85.2 Å². The Kier molecular flexibility index (Phi) is 7.77. The van der Waals surface area contributed by atoms with Crippen LogP contribution in [0.1, 0.15) is 59.1 Å². The van der Waals surface area contributed by atoms with E-state index in [-0.39, 0.29) is 24.1 Å². The lowest BCUT2D eigenvalue weighted by Crippen LogP contribution is -2.12. The topological polar surface area (TPSA) is 71.1 Å². The largest absolute Gasteiger partial charge is 0.493 e. The highest BCUT2D eigenvalue weighted by Gasteiger charge is 2.32. The molecule has 3 aromatic carbocycles. The molecule has 2 heterocycles. The Hall–Kier alpha value is -3.39. The molecule has 0 bridgehead atoms. The summed E-state index contributed by atoms with van der Waals surface area (Å²) >= 11 is 0. The molecule has 2 aliphatic heterocycles. The molecule has 2 unspecified atom stereocenters. The second kappa shape index (κ2) is 11.5. The summed E-state index contributed by atoms with van der Waals surface area (Å²) in [5.74, 6) is 3.38. The van der Waals surface area contributed by atoms with Gasteiger partial charge in [0, 0.05) is 51.3 Å². The SMILES string of the molecule is COC(=O)C[C@@H]1COc2cc(O[C@@H]3CCc4c(-c5c(C)cc(OCC6CCS(=O)C6)cc5C)ccc(F)c43)ccc21. The van der Waals surface area contributed by atoms with Gasteiger partial charge in [0.15, 0.2) is 0 Å². The maximum atomic E-state index is 15.3. The molecule has 0 N–H and O–H groups in total. The van der Waals surface area contributed by atoms with Gasteiger partial charge in [-0.25, -0.2) is 4.39 Å². The minimum Gasteiger partial charge on any atom is -0.493 e. The van der Waals surface area contributed by atoms with E-state index in [1.165, 1.54) is 7.11 Å². The Morgan fingerprint density at radius 3 is 2.61 bits per heavy atom. The number of hydrogen-bond acceptors (Lipinski definition) is 6. The Morgan fingerprint density at radius 2 is 1.88 bits per heavy atom. The Balaban J connectivity index is 1.22. The first-order chi connectivity index (χ1) is 19.8. The molecule has 4 atom stereocenters. The highest BCUT2D eigenvalue weighted by atomic mass is 32.2. The molecule has 6 nitrogen and oxygen atoms in total. The van der Waals surface area contributed by atoms with Gasteiger partial charge in [-0.3, -0.25) is 9.00 Å². The van der Waals surface area contributed by atoms with Crippen molar-refractivity contribution in [3.8, 4) is 28.4 Å². The van der Waals surface area contributed by atoms with E-state index >= 15 is 4.39 Å². The van der Waals surface area contributed by atoms with E-state index in [2.05, 4.69) is 13.8 Å². The molecule has 0 amide bonds. The number of halogens is 1. The average molecular weight is 579 g/mol. The van der Waals surface area contributed by atoms with Crippen LogP contribution in [0.4, 0.5) is 4.39 Å². The zero-order valence-corrected chi connectivity index (χ0v) is 24.5. The van der Waals surface area contributed by atoms with Crippen LogP contribution < -0.4 is 14.2 Å². The second-order valence-corrected chi connectivity index (χ2v) is 12.9. The molecule has 0 saturated carbocycles. The fraction of sp³-hybridized carbons (Fsp3) is 0.424. The molecule has 1 aliphatic carbocycles. The van der Waals surface area contributed by atoms with Crippen LogP contribution in [-0.4, -0.2) is 42.0 Å². The zero-order chi connectivity index (χ0) is 28.7. The van der Waals surface area contributed by atoms with Crippen molar-refractivity contribution in [2.24, 2.45) is 5.92 Å². The summed E-state index contributed by atoms with van der Waals surface area (Å²) in [4.78, 5) is 11.7. The minimum atomic E-state index is -0.713.